The van der Waals surface area contributed by atoms with Gasteiger partial charge in [-0.1, -0.05) is 60.7 Å². The van der Waals surface area contributed by atoms with Crippen LogP contribution in [0.2, 0.25) is 0 Å². The number of aromatic amines is 1. The topological polar surface area (TPSA) is 112 Å². The maximum absolute atomic E-state index is 13.0. The third-order valence-corrected chi connectivity index (χ3v) is 4.60. The molecule has 1 heterocycles. The number of benzene rings is 3. The number of carboxylic acids is 1. The van der Waals surface area contributed by atoms with Crippen LogP contribution in [0.25, 0.3) is 22.4 Å². The van der Waals surface area contributed by atoms with Crippen molar-refractivity contribution in [1.82, 2.24) is 10.2 Å². The summed E-state index contributed by atoms with van der Waals surface area (Å²) in [6.07, 6.45) is 0. The summed E-state index contributed by atoms with van der Waals surface area (Å²) >= 11 is 0. The molecule has 4 aromatic rings. The lowest BCUT2D eigenvalue weighted by atomic mass is 9.95. The van der Waals surface area contributed by atoms with Crippen LogP contribution in [0, 0.1) is 0 Å². The van der Waals surface area contributed by atoms with Crippen LogP contribution in [0.1, 0.15) is 20.7 Å². The summed E-state index contributed by atoms with van der Waals surface area (Å²) in [7, 11) is 0. The Morgan fingerprint density at radius 2 is 1.39 bits per heavy atom. The average molecular weight is 411 g/mol. The van der Waals surface area contributed by atoms with Gasteiger partial charge < -0.3 is 14.6 Å². The average Bonchev–Trinajstić information content (AvgIpc) is 2.80. The van der Waals surface area contributed by atoms with Gasteiger partial charge in [0.1, 0.15) is 11.3 Å². The second kappa shape index (κ2) is 8.46. The molecule has 0 aliphatic carbocycles. The number of nitrogens with one attached hydrogen (secondary N) is 1. The maximum Gasteiger partial charge on any atom is 0.349 e. The molecule has 0 amide bonds. The molecule has 7 nitrogen and oxygen atoms in total. The summed E-state index contributed by atoms with van der Waals surface area (Å²) in [5.74, 6) is -2.14. The highest BCUT2D eigenvalue weighted by Gasteiger charge is 2.24. The SMILES string of the molecule is O=C([O-])c1ccc(OC(=O)c2c(-c3ccccc3)c(-c3ccccc3)n[nH]c2=O)cc1. The lowest BCUT2D eigenvalue weighted by Crippen LogP contribution is -2.25. The fourth-order valence-corrected chi connectivity index (χ4v) is 3.15. The fraction of sp³-hybridized carbons (Fsp3) is 0. The molecule has 7 heteroatoms. The van der Waals surface area contributed by atoms with E-state index in [-0.39, 0.29) is 16.9 Å². The first-order valence-corrected chi connectivity index (χ1v) is 9.31. The fourth-order valence-electron chi connectivity index (χ4n) is 3.15. The molecule has 0 saturated carbocycles. The van der Waals surface area contributed by atoms with Gasteiger partial charge in [-0.05, 0) is 35.4 Å². The van der Waals surface area contributed by atoms with E-state index in [2.05, 4.69) is 10.2 Å². The number of ether oxygens (including phenoxy) is 1. The lowest BCUT2D eigenvalue weighted by Gasteiger charge is -2.13. The van der Waals surface area contributed by atoms with Crippen LogP contribution in [0.15, 0.2) is 89.7 Å². The van der Waals surface area contributed by atoms with E-state index in [4.69, 9.17) is 4.74 Å². The molecule has 0 aliphatic rings. The van der Waals surface area contributed by atoms with E-state index in [0.717, 1.165) is 0 Å². The van der Waals surface area contributed by atoms with Crippen LogP contribution >= 0.6 is 0 Å². The number of rotatable bonds is 5. The van der Waals surface area contributed by atoms with Crippen molar-refractivity contribution in [2.24, 2.45) is 0 Å². The molecule has 1 N–H and O–H groups in total. The third-order valence-electron chi connectivity index (χ3n) is 4.60. The van der Waals surface area contributed by atoms with E-state index < -0.39 is 17.5 Å². The minimum Gasteiger partial charge on any atom is -0.545 e. The van der Waals surface area contributed by atoms with Gasteiger partial charge in [-0.2, -0.15) is 5.10 Å². The predicted octanol–water partition coefficient (Wildman–Crippen LogP) is 2.69. The number of hydrogen-bond acceptors (Lipinski definition) is 6. The van der Waals surface area contributed by atoms with E-state index in [1.165, 1.54) is 24.3 Å². The highest BCUT2D eigenvalue weighted by atomic mass is 16.5. The summed E-state index contributed by atoms with van der Waals surface area (Å²) in [6.45, 7) is 0. The molecule has 152 valence electrons. The third kappa shape index (κ3) is 4.11. The Kier molecular flexibility index (Phi) is 5.40. The highest BCUT2D eigenvalue weighted by molar-refractivity contribution is 6.01. The molecule has 3 aromatic carbocycles. The van der Waals surface area contributed by atoms with Gasteiger partial charge >= 0.3 is 5.97 Å². The maximum atomic E-state index is 13.0. The molecule has 4 rings (SSSR count). The van der Waals surface area contributed by atoms with Crippen LogP contribution in [-0.2, 0) is 0 Å². The van der Waals surface area contributed by atoms with Gasteiger partial charge in [-0.3, -0.25) is 4.79 Å². The Morgan fingerprint density at radius 1 is 0.806 bits per heavy atom. The van der Waals surface area contributed by atoms with Crippen molar-refractivity contribution < 1.29 is 19.4 Å². The normalized spacial score (nSPS) is 10.5. The molecule has 0 radical (unpaired) electrons. The van der Waals surface area contributed by atoms with E-state index in [9.17, 15) is 19.5 Å². The summed E-state index contributed by atoms with van der Waals surface area (Å²) in [5, 5.41) is 17.5. The van der Waals surface area contributed by atoms with Gasteiger partial charge in [0, 0.05) is 11.1 Å². The van der Waals surface area contributed by atoms with Gasteiger partial charge in [0.05, 0.1) is 11.7 Å². The number of carboxylic acid groups (broad SMARTS) is 1. The van der Waals surface area contributed by atoms with Crippen LogP contribution in [-0.4, -0.2) is 22.1 Å². The molecule has 1 aromatic heterocycles. The molecule has 0 unspecified atom stereocenters. The van der Waals surface area contributed by atoms with Crippen molar-refractivity contribution >= 4 is 11.9 Å². The zero-order valence-electron chi connectivity index (χ0n) is 16.1. The molecular formula is C24H15N2O5-. The van der Waals surface area contributed by atoms with Gasteiger partial charge in [-0.15, -0.1) is 0 Å². The smallest absolute Gasteiger partial charge is 0.349 e. The van der Waals surface area contributed by atoms with Crippen molar-refractivity contribution in [3.05, 3.63) is 106 Å². The molecule has 0 spiro atoms. The number of nitrogens with zero attached hydrogens (tertiary/aromatic N) is 1. The van der Waals surface area contributed by atoms with Gasteiger partial charge in [-0.25, -0.2) is 9.89 Å². The van der Waals surface area contributed by atoms with Crippen molar-refractivity contribution in [2.75, 3.05) is 0 Å². The van der Waals surface area contributed by atoms with Gasteiger partial charge in [0.25, 0.3) is 5.56 Å². The van der Waals surface area contributed by atoms with Crippen molar-refractivity contribution in [3.8, 4) is 28.1 Å². The number of esters is 1. The Balaban J connectivity index is 1.84. The summed E-state index contributed by atoms with van der Waals surface area (Å²) in [5.41, 5.74) is 1.14. The summed E-state index contributed by atoms with van der Waals surface area (Å²) in [4.78, 5) is 36.6. The zero-order valence-corrected chi connectivity index (χ0v) is 16.1. The first-order chi connectivity index (χ1) is 15.0. The van der Waals surface area contributed by atoms with Crippen molar-refractivity contribution in [2.45, 2.75) is 0 Å². The van der Waals surface area contributed by atoms with Crippen molar-refractivity contribution in [3.63, 3.8) is 0 Å². The predicted molar refractivity (Wildman–Crippen MR) is 111 cm³/mol. The molecular weight excluding hydrogens is 396 g/mol. The van der Waals surface area contributed by atoms with Gasteiger partial charge in [0.2, 0.25) is 0 Å². The second-order valence-electron chi connectivity index (χ2n) is 6.58. The van der Waals surface area contributed by atoms with Crippen molar-refractivity contribution in [1.29, 1.82) is 0 Å². The minimum absolute atomic E-state index is 0.0575. The van der Waals surface area contributed by atoms with Crippen LogP contribution < -0.4 is 15.4 Å². The van der Waals surface area contributed by atoms with E-state index in [1.54, 1.807) is 24.3 Å². The summed E-state index contributed by atoms with van der Waals surface area (Å²) < 4.78 is 5.37. The number of hydrogen-bond donors (Lipinski definition) is 1. The van der Waals surface area contributed by atoms with E-state index in [1.807, 2.05) is 36.4 Å². The Hall–Kier alpha value is -4.52. The second-order valence-corrected chi connectivity index (χ2v) is 6.58. The molecule has 0 bridgehead atoms. The van der Waals surface area contributed by atoms with E-state index in [0.29, 0.717) is 22.4 Å². The minimum atomic E-state index is -1.35. The standard InChI is InChI=1S/C24H16N2O5/c27-22-20(24(30)31-18-13-11-17(12-14-18)23(28)29)19(15-7-3-1-4-8-15)21(25-26-22)16-9-5-2-6-10-16/h1-14H,(H,26,27)(H,28,29)/p-1. The number of H-pyrrole nitrogens is 1. The van der Waals surface area contributed by atoms with E-state index >= 15 is 0 Å². The molecule has 0 fully saturated rings. The first kappa shape index (κ1) is 19.8. The Labute approximate surface area is 176 Å². The molecule has 31 heavy (non-hydrogen) atoms. The highest BCUT2D eigenvalue weighted by Crippen LogP contribution is 2.32. The van der Waals surface area contributed by atoms with Crippen LogP contribution in [0.5, 0.6) is 5.75 Å². The van der Waals surface area contributed by atoms with Crippen LogP contribution in [0.4, 0.5) is 0 Å². The Bertz CT molecular complexity index is 1300. The number of carbonyl (C=O) groups excluding carboxylic acids is 2. The molecule has 0 aliphatic heterocycles. The zero-order chi connectivity index (χ0) is 21.8. The number of aromatic nitrogens is 2. The quantitative estimate of drug-likeness (QED) is 0.399. The first-order valence-electron chi connectivity index (χ1n) is 9.31. The van der Waals surface area contributed by atoms with Crippen LogP contribution in [0.3, 0.4) is 0 Å². The number of aromatic carboxylic acids is 1. The molecule has 0 atom stereocenters. The summed E-state index contributed by atoms with van der Waals surface area (Å²) in [6, 6.07) is 23.2. The van der Waals surface area contributed by atoms with Gasteiger partial charge in [0.15, 0.2) is 0 Å². The molecule has 0 saturated heterocycles. The monoisotopic (exact) mass is 411 g/mol. The lowest BCUT2D eigenvalue weighted by molar-refractivity contribution is -0.255. The number of carbonyl (C=O) groups is 2. The Morgan fingerprint density at radius 3 is 1.97 bits per heavy atom. The largest absolute Gasteiger partial charge is 0.545 e.